The average molecular weight is 319 g/mol. The van der Waals surface area contributed by atoms with Crippen LogP contribution in [0.4, 0.5) is 5.95 Å². The summed E-state index contributed by atoms with van der Waals surface area (Å²) in [7, 11) is 1.74. The fourth-order valence-corrected chi connectivity index (χ4v) is 2.39. The lowest BCUT2D eigenvalue weighted by Gasteiger charge is -2.36. The van der Waals surface area contributed by atoms with E-state index in [9.17, 15) is 4.79 Å². The van der Waals surface area contributed by atoms with Gasteiger partial charge in [-0.3, -0.25) is 9.79 Å². The molecule has 2 N–H and O–H groups in total. The van der Waals surface area contributed by atoms with Gasteiger partial charge in [0.05, 0.1) is 6.54 Å². The van der Waals surface area contributed by atoms with Crippen LogP contribution in [0.3, 0.4) is 0 Å². The molecule has 23 heavy (non-hydrogen) atoms. The van der Waals surface area contributed by atoms with Gasteiger partial charge >= 0.3 is 0 Å². The van der Waals surface area contributed by atoms with Crippen molar-refractivity contribution in [2.45, 2.75) is 13.3 Å². The van der Waals surface area contributed by atoms with Gasteiger partial charge < -0.3 is 20.4 Å². The smallest absolute Gasteiger partial charge is 0.239 e. The predicted octanol–water partition coefficient (Wildman–Crippen LogP) is -0.300. The van der Waals surface area contributed by atoms with Gasteiger partial charge in [0.1, 0.15) is 0 Å². The minimum atomic E-state index is -0.00989. The maximum atomic E-state index is 11.7. The predicted molar refractivity (Wildman–Crippen MR) is 90.5 cm³/mol. The number of anilines is 1. The molecule has 0 saturated carbocycles. The summed E-state index contributed by atoms with van der Waals surface area (Å²) in [6.45, 7) is 6.26. The number of carbonyl (C=O) groups excluding carboxylic acids is 1. The summed E-state index contributed by atoms with van der Waals surface area (Å²) in [5, 5.41) is 5.96. The van der Waals surface area contributed by atoms with Crippen LogP contribution in [0.25, 0.3) is 0 Å². The van der Waals surface area contributed by atoms with Crippen molar-refractivity contribution in [3.8, 4) is 0 Å². The summed E-state index contributed by atoms with van der Waals surface area (Å²) in [5.41, 5.74) is 0. The largest absolute Gasteiger partial charge is 0.355 e. The van der Waals surface area contributed by atoms with Crippen molar-refractivity contribution in [3.05, 3.63) is 18.5 Å². The quantitative estimate of drug-likeness (QED) is 0.572. The fourth-order valence-electron chi connectivity index (χ4n) is 2.39. The van der Waals surface area contributed by atoms with E-state index in [1.165, 1.54) is 0 Å². The number of carbonyl (C=O) groups is 1. The molecule has 1 fully saturated rings. The Kier molecular flexibility index (Phi) is 6.58. The lowest BCUT2D eigenvalue weighted by Crippen LogP contribution is -2.54. The molecule has 1 amide bonds. The Hall–Kier alpha value is -2.38. The molecule has 2 heterocycles. The first-order chi connectivity index (χ1) is 11.2. The van der Waals surface area contributed by atoms with Crippen LogP contribution in [0.5, 0.6) is 0 Å². The zero-order valence-electron chi connectivity index (χ0n) is 13.8. The van der Waals surface area contributed by atoms with Crippen molar-refractivity contribution in [1.29, 1.82) is 0 Å². The molecule has 0 spiro atoms. The Bertz CT molecular complexity index is 512. The number of nitrogens with zero attached hydrogens (tertiary/aromatic N) is 5. The van der Waals surface area contributed by atoms with E-state index in [-0.39, 0.29) is 12.5 Å². The van der Waals surface area contributed by atoms with Gasteiger partial charge in [-0.05, 0) is 12.5 Å². The summed E-state index contributed by atoms with van der Waals surface area (Å²) in [4.78, 5) is 28.8. The van der Waals surface area contributed by atoms with Crippen LogP contribution in [-0.2, 0) is 4.79 Å². The van der Waals surface area contributed by atoms with Gasteiger partial charge in [-0.25, -0.2) is 9.97 Å². The molecule has 126 valence electrons. The summed E-state index contributed by atoms with van der Waals surface area (Å²) in [6, 6.07) is 1.81. The maximum Gasteiger partial charge on any atom is 0.239 e. The van der Waals surface area contributed by atoms with Gasteiger partial charge in [0.15, 0.2) is 5.96 Å². The third-order valence-corrected chi connectivity index (χ3v) is 3.61. The number of rotatable bonds is 5. The zero-order valence-corrected chi connectivity index (χ0v) is 13.8. The van der Waals surface area contributed by atoms with E-state index >= 15 is 0 Å². The topological polar surface area (TPSA) is 85.8 Å². The molecule has 8 nitrogen and oxygen atoms in total. The monoisotopic (exact) mass is 319 g/mol. The van der Waals surface area contributed by atoms with Crippen molar-refractivity contribution in [3.63, 3.8) is 0 Å². The molecule has 0 bridgehead atoms. The highest BCUT2D eigenvalue weighted by Gasteiger charge is 2.21. The highest BCUT2D eigenvalue weighted by Crippen LogP contribution is 2.09. The normalized spacial score (nSPS) is 15.5. The van der Waals surface area contributed by atoms with Crippen LogP contribution in [0, 0.1) is 0 Å². The second kappa shape index (κ2) is 8.92. The number of aromatic nitrogens is 2. The van der Waals surface area contributed by atoms with Crippen LogP contribution >= 0.6 is 0 Å². The van der Waals surface area contributed by atoms with Crippen molar-refractivity contribution in [2.24, 2.45) is 4.99 Å². The molecule has 0 radical (unpaired) electrons. The number of hydrogen-bond donors (Lipinski definition) is 2. The first kappa shape index (κ1) is 17.0. The minimum absolute atomic E-state index is 0.00989. The van der Waals surface area contributed by atoms with Crippen LogP contribution in [0.15, 0.2) is 23.5 Å². The van der Waals surface area contributed by atoms with E-state index in [2.05, 4.69) is 35.4 Å². The van der Waals surface area contributed by atoms with E-state index in [0.29, 0.717) is 6.54 Å². The van der Waals surface area contributed by atoms with Gasteiger partial charge in [0, 0.05) is 52.2 Å². The second-order valence-corrected chi connectivity index (χ2v) is 5.27. The molecular formula is C15H25N7O. The van der Waals surface area contributed by atoms with Gasteiger partial charge in [-0.15, -0.1) is 0 Å². The molecule has 1 aliphatic rings. The summed E-state index contributed by atoms with van der Waals surface area (Å²) in [5.74, 6) is 1.50. The molecule has 1 aliphatic heterocycles. The molecule has 1 aromatic rings. The minimum Gasteiger partial charge on any atom is -0.355 e. The fraction of sp³-hybridized carbons (Fsp3) is 0.600. The average Bonchev–Trinajstić information content (AvgIpc) is 2.61. The van der Waals surface area contributed by atoms with Gasteiger partial charge in [-0.1, -0.05) is 6.92 Å². The molecule has 0 aliphatic carbocycles. The number of piperazine rings is 1. The Labute approximate surface area is 137 Å². The summed E-state index contributed by atoms with van der Waals surface area (Å²) < 4.78 is 0. The lowest BCUT2D eigenvalue weighted by atomic mass is 10.3. The van der Waals surface area contributed by atoms with Crippen LogP contribution in [-0.4, -0.2) is 73.1 Å². The highest BCUT2D eigenvalue weighted by atomic mass is 16.1. The number of amides is 1. The van der Waals surface area contributed by atoms with Crippen molar-refractivity contribution >= 4 is 17.8 Å². The van der Waals surface area contributed by atoms with E-state index in [0.717, 1.165) is 44.5 Å². The van der Waals surface area contributed by atoms with E-state index in [4.69, 9.17) is 0 Å². The SMILES string of the molecule is CCCNC(=O)CNC(=NC)N1CCN(c2ncccn2)CC1. The molecule has 2 rings (SSSR count). The van der Waals surface area contributed by atoms with Crippen LogP contribution in [0.1, 0.15) is 13.3 Å². The van der Waals surface area contributed by atoms with Crippen molar-refractivity contribution < 1.29 is 4.79 Å². The van der Waals surface area contributed by atoms with E-state index in [1.54, 1.807) is 19.4 Å². The molecule has 8 heteroatoms. The van der Waals surface area contributed by atoms with E-state index < -0.39 is 0 Å². The highest BCUT2D eigenvalue weighted by molar-refractivity contribution is 5.86. The zero-order chi connectivity index (χ0) is 16.5. The lowest BCUT2D eigenvalue weighted by molar-refractivity contribution is -0.120. The molecule has 0 aromatic carbocycles. The second-order valence-electron chi connectivity index (χ2n) is 5.27. The number of guanidine groups is 1. The number of nitrogens with one attached hydrogen (secondary N) is 2. The van der Waals surface area contributed by atoms with Crippen molar-refractivity contribution in [2.75, 3.05) is 51.2 Å². The molecular weight excluding hydrogens is 294 g/mol. The third-order valence-electron chi connectivity index (χ3n) is 3.61. The molecule has 1 saturated heterocycles. The Balaban J connectivity index is 1.79. The standard InChI is InChI=1S/C15H25N7O/c1-3-5-17-13(23)12-20-14(16-2)21-8-10-22(11-9-21)15-18-6-4-7-19-15/h4,6-7H,3,5,8-12H2,1-2H3,(H,16,20)(H,17,23). The van der Waals surface area contributed by atoms with Gasteiger partial charge in [0.25, 0.3) is 0 Å². The Morgan fingerprint density at radius 1 is 1.22 bits per heavy atom. The molecule has 1 aromatic heterocycles. The maximum absolute atomic E-state index is 11.7. The Morgan fingerprint density at radius 3 is 2.52 bits per heavy atom. The van der Waals surface area contributed by atoms with Gasteiger partial charge in [0.2, 0.25) is 11.9 Å². The third kappa shape index (κ3) is 5.08. The van der Waals surface area contributed by atoms with Crippen LogP contribution < -0.4 is 15.5 Å². The summed E-state index contributed by atoms with van der Waals surface area (Å²) in [6.07, 6.45) is 4.44. The first-order valence-electron chi connectivity index (χ1n) is 7.99. The van der Waals surface area contributed by atoms with E-state index in [1.807, 2.05) is 13.0 Å². The summed E-state index contributed by atoms with van der Waals surface area (Å²) >= 11 is 0. The Morgan fingerprint density at radius 2 is 1.91 bits per heavy atom. The van der Waals surface area contributed by atoms with Crippen LogP contribution in [0.2, 0.25) is 0 Å². The molecule has 0 atom stereocenters. The van der Waals surface area contributed by atoms with Gasteiger partial charge in [-0.2, -0.15) is 0 Å². The molecule has 0 unspecified atom stereocenters. The number of aliphatic imine (C=N–C) groups is 1. The number of hydrogen-bond acceptors (Lipinski definition) is 5. The first-order valence-corrected chi connectivity index (χ1v) is 7.99. The van der Waals surface area contributed by atoms with Crippen molar-refractivity contribution in [1.82, 2.24) is 25.5 Å².